The van der Waals surface area contributed by atoms with Crippen LogP contribution in [0.5, 0.6) is 0 Å². The molecule has 1 heterocycles. The van der Waals surface area contributed by atoms with Crippen molar-refractivity contribution in [3.05, 3.63) is 82.4 Å². The van der Waals surface area contributed by atoms with E-state index >= 15 is 0 Å². The zero-order valence-corrected chi connectivity index (χ0v) is 15.7. The lowest BCUT2D eigenvalue weighted by Gasteiger charge is -2.07. The summed E-state index contributed by atoms with van der Waals surface area (Å²) in [4.78, 5) is 17.0. The van der Waals surface area contributed by atoms with E-state index in [9.17, 15) is 4.79 Å². The summed E-state index contributed by atoms with van der Waals surface area (Å²) in [7, 11) is 0. The maximum Gasteiger partial charge on any atom is 0.255 e. The molecule has 134 valence electrons. The number of fused-ring (bicyclic) bond motifs is 1. The Balaban J connectivity index is 1.61. The number of benzene rings is 3. The molecule has 1 N–H and O–H groups in total. The van der Waals surface area contributed by atoms with Crippen molar-refractivity contribution in [2.75, 3.05) is 5.32 Å². The first-order chi connectivity index (χ1) is 13.0. The molecule has 0 saturated carbocycles. The first-order valence-corrected chi connectivity index (χ1v) is 8.92. The van der Waals surface area contributed by atoms with Gasteiger partial charge in [0.15, 0.2) is 5.58 Å². The van der Waals surface area contributed by atoms with Crippen molar-refractivity contribution in [3.8, 4) is 11.5 Å². The van der Waals surface area contributed by atoms with E-state index in [2.05, 4.69) is 10.3 Å². The number of carbonyl (C=O) groups excluding carboxylic acids is 1. The summed E-state index contributed by atoms with van der Waals surface area (Å²) >= 11 is 6.12. The number of nitrogens with one attached hydrogen (secondary N) is 1. The average molecular weight is 377 g/mol. The summed E-state index contributed by atoms with van der Waals surface area (Å²) in [6.45, 7) is 3.91. The van der Waals surface area contributed by atoms with E-state index in [4.69, 9.17) is 16.0 Å². The van der Waals surface area contributed by atoms with Gasteiger partial charge in [-0.25, -0.2) is 4.98 Å². The van der Waals surface area contributed by atoms with Crippen molar-refractivity contribution in [2.45, 2.75) is 13.8 Å². The number of rotatable bonds is 3. The highest BCUT2D eigenvalue weighted by atomic mass is 35.5. The predicted octanol–water partition coefficient (Wildman–Crippen LogP) is 6.02. The first-order valence-electron chi connectivity index (χ1n) is 8.55. The number of hydrogen-bond donors (Lipinski definition) is 1. The normalized spacial score (nSPS) is 10.9. The van der Waals surface area contributed by atoms with Crippen LogP contribution < -0.4 is 5.32 Å². The van der Waals surface area contributed by atoms with Crippen LogP contribution in [0.3, 0.4) is 0 Å². The van der Waals surface area contributed by atoms with Gasteiger partial charge in [-0.15, -0.1) is 0 Å². The van der Waals surface area contributed by atoms with Crippen LogP contribution in [-0.4, -0.2) is 10.9 Å². The summed E-state index contributed by atoms with van der Waals surface area (Å²) in [6.07, 6.45) is 0. The molecule has 4 nitrogen and oxygen atoms in total. The van der Waals surface area contributed by atoms with Crippen LogP contribution in [0.2, 0.25) is 5.02 Å². The van der Waals surface area contributed by atoms with Crippen LogP contribution in [0.25, 0.3) is 22.6 Å². The molecular weight excluding hydrogens is 360 g/mol. The Labute approximate surface area is 161 Å². The molecule has 0 radical (unpaired) electrons. The van der Waals surface area contributed by atoms with Crippen molar-refractivity contribution in [1.29, 1.82) is 0 Å². The number of carbonyl (C=O) groups is 1. The topological polar surface area (TPSA) is 55.1 Å². The van der Waals surface area contributed by atoms with Gasteiger partial charge in [0.05, 0.1) is 0 Å². The van der Waals surface area contributed by atoms with Gasteiger partial charge in [-0.2, -0.15) is 0 Å². The molecule has 1 amide bonds. The van der Waals surface area contributed by atoms with Crippen molar-refractivity contribution in [1.82, 2.24) is 4.98 Å². The Morgan fingerprint density at radius 3 is 2.70 bits per heavy atom. The maximum absolute atomic E-state index is 12.5. The zero-order valence-electron chi connectivity index (χ0n) is 14.9. The Morgan fingerprint density at radius 2 is 1.89 bits per heavy atom. The van der Waals surface area contributed by atoms with Crippen molar-refractivity contribution in [3.63, 3.8) is 0 Å². The third-order valence-electron chi connectivity index (χ3n) is 4.35. The zero-order chi connectivity index (χ0) is 19.0. The lowest BCUT2D eigenvalue weighted by Crippen LogP contribution is -2.11. The van der Waals surface area contributed by atoms with Gasteiger partial charge in [0, 0.05) is 21.8 Å². The number of aromatic nitrogens is 1. The summed E-state index contributed by atoms with van der Waals surface area (Å²) in [5, 5.41) is 3.46. The van der Waals surface area contributed by atoms with Gasteiger partial charge >= 0.3 is 0 Å². The van der Waals surface area contributed by atoms with Gasteiger partial charge in [0.2, 0.25) is 5.89 Å². The van der Waals surface area contributed by atoms with Crippen LogP contribution in [0, 0.1) is 13.8 Å². The van der Waals surface area contributed by atoms with Gasteiger partial charge in [0.1, 0.15) is 5.52 Å². The summed E-state index contributed by atoms with van der Waals surface area (Å²) in [6, 6.07) is 18.6. The minimum atomic E-state index is -0.220. The second-order valence-electron chi connectivity index (χ2n) is 6.49. The molecule has 4 aromatic rings. The van der Waals surface area contributed by atoms with E-state index in [-0.39, 0.29) is 5.91 Å². The van der Waals surface area contributed by atoms with Crippen molar-refractivity contribution < 1.29 is 9.21 Å². The maximum atomic E-state index is 12.5. The molecule has 0 aliphatic heterocycles. The Hall–Kier alpha value is -3.11. The summed E-state index contributed by atoms with van der Waals surface area (Å²) in [5.74, 6) is 0.298. The lowest BCUT2D eigenvalue weighted by molar-refractivity contribution is 0.102. The molecule has 4 rings (SSSR count). The number of amides is 1. The molecular formula is C22H17ClN2O2. The first kappa shape index (κ1) is 17.3. The van der Waals surface area contributed by atoms with Crippen LogP contribution in [0.1, 0.15) is 21.5 Å². The molecule has 5 heteroatoms. The van der Waals surface area contributed by atoms with Crippen LogP contribution in [-0.2, 0) is 0 Å². The fraction of sp³-hybridized carbons (Fsp3) is 0.0909. The van der Waals surface area contributed by atoms with Gasteiger partial charge in [0.25, 0.3) is 5.91 Å². The smallest absolute Gasteiger partial charge is 0.255 e. The van der Waals surface area contributed by atoms with Gasteiger partial charge < -0.3 is 9.73 Å². The molecule has 27 heavy (non-hydrogen) atoms. The molecule has 0 bridgehead atoms. The monoisotopic (exact) mass is 376 g/mol. The number of aryl methyl sites for hydroxylation is 2. The van der Waals surface area contributed by atoms with E-state index < -0.39 is 0 Å². The SMILES string of the molecule is Cc1ccc2nc(-c3cccc(NC(=O)c4ccc(C)c(Cl)c4)c3)oc2c1. The second kappa shape index (κ2) is 6.89. The molecule has 0 fully saturated rings. The molecule has 0 aliphatic rings. The van der Waals surface area contributed by atoms with Gasteiger partial charge in [-0.05, 0) is 67.4 Å². The quantitative estimate of drug-likeness (QED) is 0.475. The Bertz CT molecular complexity index is 1160. The standard InChI is InChI=1S/C22H17ClN2O2/c1-13-6-9-19-20(10-13)27-22(25-19)16-4-3-5-17(11-16)24-21(26)15-8-7-14(2)18(23)12-15/h3-12H,1-2H3,(H,24,26). The predicted molar refractivity (Wildman–Crippen MR) is 108 cm³/mol. The highest BCUT2D eigenvalue weighted by molar-refractivity contribution is 6.31. The minimum Gasteiger partial charge on any atom is -0.436 e. The molecule has 3 aromatic carbocycles. The molecule has 0 spiro atoms. The van der Waals surface area contributed by atoms with E-state index in [1.807, 2.05) is 62.4 Å². The molecule has 1 aromatic heterocycles. The number of halogens is 1. The highest BCUT2D eigenvalue weighted by Gasteiger charge is 2.11. The Kier molecular flexibility index (Phi) is 4.42. The molecule has 0 atom stereocenters. The van der Waals surface area contributed by atoms with E-state index in [1.165, 1.54) is 0 Å². The van der Waals surface area contributed by atoms with Crippen LogP contribution in [0.4, 0.5) is 5.69 Å². The Morgan fingerprint density at radius 1 is 1.04 bits per heavy atom. The van der Waals surface area contributed by atoms with E-state index in [0.29, 0.717) is 22.2 Å². The van der Waals surface area contributed by atoms with Gasteiger partial charge in [-0.3, -0.25) is 4.79 Å². The fourth-order valence-corrected chi connectivity index (χ4v) is 3.00. The second-order valence-corrected chi connectivity index (χ2v) is 6.90. The van der Waals surface area contributed by atoms with Crippen LogP contribution >= 0.6 is 11.6 Å². The lowest BCUT2D eigenvalue weighted by atomic mass is 10.1. The number of oxazole rings is 1. The highest BCUT2D eigenvalue weighted by Crippen LogP contribution is 2.27. The molecule has 0 saturated heterocycles. The summed E-state index contributed by atoms with van der Waals surface area (Å²) < 4.78 is 5.87. The van der Waals surface area contributed by atoms with E-state index in [0.717, 1.165) is 27.8 Å². The van der Waals surface area contributed by atoms with Crippen molar-refractivity contribution >= 4 is 34.3 Å². The fourth-order valence-electron chi connectivity index (χ4n) is 2.82. The van der Waals surface area contributed by atoms with Crippen molar-refractivity contribution in [2.24, 2.45) is 0 Å². The third kappa shape index (κ3) is 3.57. The minimum absolute atomic E-state index is 0.220. The van der Waals surface area contributed by atoms with E-state index in [1.54, 1.807) is 12.1 Å². The molecule has 0 unspecified atom stereocenters. The molecule has 0 aliphatic carbocycles. The van der Waals surface area contributed by atoms with Crippen LogP contribution in [0.15, 0.2) is 65.1 Å². The summed E-state index contributed by atoms with van der Waals surface area (Å²) in [5.41, 5.74) is 5.56. The number of nitrogens with zero attached hydrogens (tertiary/aromatic N) is 1. The number of anilines is 1. The van der Waals surface area contributed by atoms with Gasteiger partial charge in [-0.1, -0.05) is 29.8 Å². The number of hydrogen-bond acceptors (Lipinski definition) is 3. The largest absolute Gasteiger partial charge is 0.436 e. The average Bonchev–Trinajstić information content (AvgIpc) is 3.07. The third-order valence-corrected chi connectivity index (χ3v) is 4.75.